The van der Waals surface area contributed by atoms with Gasteiger partial charge in [-0.05, 0) is 25.0 Å². The van der Waals surface area contributed by atoms with Crippen LogP contribution in [0.1, 0.15) is 26.7 Å². The molecule has 1 aromatic heterocycles. The molecule has 3 N–H and O–H groups in total. The topological polar surface area (TPSA) is 77.1 Å². The number of hydrogen-bond acceptors (Lipinski definition) is 3. The summed E-state index contributed by atoms with van der Waals surface area (Å²) in [5, 5.41) is 3.66. The van der Waals surface area contributed by atoms with Gasteiger partial charge < -0.3 is 15.6 Å². The Bertz CT molecular complexity index is 715. The molecule has 1 aromatic carbocycles. The van der Waals surface area contributed by atoms with E-state index < -0.39 is 0 Å². The number of rotatable bonds is 6. The van der Waals surface area contributed by atoms with E-state index in [9.17, 15) is 9.59 Å². The van der Waals surface area contributed by atoms with Crippen molar-refractivity contribution in [2.75, 3.05) is 6.54 Å². The molecule has 5 nitrogen and oxygen atoms in total. The number of nitrogens with zero attached hydrogens (tertiary/aromatic N) is 1. The van der Waals surface area contributed by atoms with Gasteiger partial charge in [0.15, 0.2) is 5.43 Å². The van der Waals surface area contributed by atoms with Crippen molar-refractivity contribution in [2.24, 2.45) is 5.73 Å². The van der Waals surface area contributed by atoms with Gasteiger partial charge in [-0.15, -0.1) is 12.4 Å². The Labute approximate surface area is 142 Å². The van der Waals surface area contributed by atoms with Crippen molar-refractivity contribution in [3.8, 4) is 0 Å². The van der Waals surface area contributed by atoms with Crippen LogP contribution in [0.3, 0.4) is 0 Å². The summed E-state index contributed by atoms with van der Waals surface area (Å²) in [6.45, 7) is 4.62. The molecule has 126 valence electrons. The minimum absolute atomic E-state index is 0. The van der Waals surface area contributed by atoms with E-state index in [1.165, 1.54) is 6.07 Å². The van der Waals surface area contributed by atoms with Gasteiger partial charge in [0.05, 0.1) is 11.1 Å². The fourth-order valence-electron chi connectivity index (χ4n) is 2.65. The van der Waals surface area contributed by atoms with Crippen LogP contribution in [0.25, 0.3) is 10.9 Å². The van der Waals surface area contributed by atoms with Crippen LogP contribution in [0, 0.1) is 0 Å². The van der Waals surface area contributed by atoms with Gasteiger partial charge in [0.1, 0.15) is 6.54 Å². The van der Waals surface area contributed by atoms with Gasteiger partial charge in [0.2, 0.25) is 5.91 Å². The van der Waals surface area contributed by atoms with Gasteiger partial charge in [0.25, 0.3) is 0 Å². The molecule has 0 spiro atoms. The molecule has 0 aliphatic rings. The lowest BCUT2D eigenvalue weighted by molar-refractivity contribution is -0.123. The lowest BCUT2D eigenvalue weighted by atomic mass is 9.93. The van der Waals surface area contributed by atoms with Crippen LogP contribution in [0.5, 0.6) is 0 Å². The van der Waals surface area contributed by atoms with Crippen molar-refractivity contribution in [1.82, 2.24) is 9.88 Å². The Morgan fingerprint density at radius 2 is 1.87 bits per heavy atom. The highest BCUT2D eigenvalue weighted by Gasteiger charge is 2.26. The highest BCUT2D eigenvalue weighted by Crippen LogP contribution is 2.14. The average Bonchev–Trinajstić information content (AvgIpc) is 2.56. The molecular weight excluding hydrogens is 314 g/mol. The van der Waals surface area contributed by atoms with E-state index >= 15 is 0 Å². The second-order valence-corrected chi connectivity index (χ2v) is 5.56. The third-order valence-electron chi connectivity index (χ3n) is 4.35. The van der Waals surface area contributed by atoms with Crippen LogP contribution in [0.2, 0.25) is 0 Å². The molecule has 1 heterocycles. The predicted molar refractivity (Wildman–Crippen MR) is 96.0 cm³/mol. The first-order valence-corrected chi connectivity index (χ1v) is 7.64. The molecule has 0 bridgehead atoms. The molecule has 0 fully saturated rings. The van der Waals surface area contributed by atoms with E-state index in [0.717, 1.165) is 18.4 Å². The molecule has 0 saturated heterocycles. The number of pyridine rings is 1. The van der Waals surface area contributed by atoms with Gasteiger partial charge in [-0.3, -0.25) is 9.59 Å². The lowest BCUT2D eigenvalue weighted by Crippen LogP contribution is -2.53. The second kappa shape index (κ2) is 8.13. The third-order valence-corrected chi connectivity index (χ3v) is 4.35. The molecule has 0 radical (unpaired) electrons. The van der Waals surface area contributed by atoms with Crippen LogP contribution >= 0.6 is 12.4 Å². The maximum absolute atomic E-state index is 12.4. The van der Waals surface area contributed by atoms with E-state index in [-0.39, 0.29) is 35.8 Å². The number of carbonyl (C=O) groups is 1. The van der Waals surface area contributed by atoms with Gasteiger partial charge >= 0.3 is 0 Å². The van der Waals surface area contributed by atoms with Crippen LogP contribution in [0.4, 0.5) is 0 Å². The van der Waals surface area contributed by atoms with Gasteiger partial charge in [-0.2, -0.15) is 0 Å². The highest BCUT2D eigenvalue weighted by atomic mass is 35.5. The van der Waals surface area contributed by atoms with Crippen LogP contribution in [0.15, 0.2) is 41.3 Å². The summed E-state index contributed by atoms with van der Waals surface area (Å²) < 4.78 is 1.79. The van der Waals surface area contributed by atoms with Crippen molar-refractivity contribution in [3.05, 3.63) is 46.8 Å². The first-order chi connectivity index (χ1) is 10.5. The number of para-hydroxylation sites is 1. The molecule has 2 rings (SSSR count). The third kappa shape index (κ3) is 4.12. The molecule has 2 aromatic rings. The zero-order valence-electron chi connectivity index (χ0n) is 13.5. The smallest absolute Gasteiger partial charge is 0.240 e. The summed E-state index contributed by atoms with van der Waals surface area (Å²) in [6, 6.07) is 8.79. The van der Waals surface area contributed by atoms with Crippen molar-refractivity contribution in [2.45, 2.75) is 38.8 Å². The Hall–Kier alpha value is -1.85. The maximum Gasteiger partial charge on any atom is 0.240 e. The fraction of sp³-hybridized carbons (Fsp3) is 0.412. The normalized spacial score (nSPS) is 11.1. The fourth-order valence-corrected chi connectivity index (χ4v) is 2.65. The van der Waals surface area contributed by atoms with Gasteiger partial charge in [-0.1, -0.05) is 26.0 Å². The Morgan fingerprint density at radius 1 is 1.22 bits per heavy atom. The van der Waals surface area contributed by atoms with E-state index in [2.05, 4.69) is 5.32 Å². The van der Waals surface area contributed by atoms with E-state index in [4.69, 9.17) is 5.73 Å². The Morgan fingerprint density at radius 3 is 2.48 bits per heavy atom. The van der Waals surface area contributed by atoms with Crippen LogP contribution in [-0.2, 0) is 11.3 Å². The van der Waals surface area contributed by atoms with Gasteiger partial charge in [-0.25, -0.2) is 0 Å². The van der Waals surface area contributed by atoms with Crippen molar-refractivity contribution < 1.29 is 4.79 Å². The first-order valence-electron chi connectivity index (χ1n) is 7.64. The number of amides is 1. The minimum atomic E-state index is -0.355. The zero-order chi connectivity index (χ0) is 16.2. The number of benzene rings is 1. The number of halogens is 1. The largest absolute Gasteiger partial charge is 0.348 e. The molecule has 1 amide bonds. The van der Waals surface area contributed by atoms with E-state index in [1.54, 1.807) is 16.8 Å². The van der Waals surface area contributed by atoms with Crippen molar-refractivity contribution in [1.29, 1.82) is 0 Å². The lowest BCUT2D eigenvalue weighted by Gasteiger charge is -2.31. The molecule has 23 heavy (non-hydrogen) atoms. The summed E-state index contributed by atoms with van der Waals surface area (Å²) in [5.74, 6) is -0.0945. The summed E-state index contributed by atoms with van der Waals surface area (Å²) in [6.07, 6.45) is 3.24. The van der Waals surface area contributed by atoms with Gasteiger partial charge in [0, 0.05) is 24.2 Å². The highest BCUT2D eigenvalue weighted by molar-refractivity contribution is 5.85. The number of aromatic nitrogens is 1. The molecule has 6 heteroatoms. The number of hydrogen-bond donors (Lipinski definition) is 2. The second-order valence-electron chi connectivity index (χ2n) is 5.56. The number of nitrogens with two attached hydrogens (primary N) is 1. The van der Waals surface area contributed by atoms with E-state index in [1.807, 2.05) is 32.0 Å². The molecule has 0 aliphatic carbocycles. The Kier molecular flexibility index (Phi) is 6.79. The maximum atomic E-state index is 12.4. The summed E-state index contributed by atoms with van der Waals surface area (Å²) in [4.78, 5) is 24.2. The zero-order valence-corrected chi connectivity index (χ0v) is 14.4. The minimum Gasteiger partial charge on any atom is -0.348 e. The molecule has 0 unspecified atom stereocenters. The Balaban J connectivity index is 0.00000264. The number of nitrogens with one attached hydrogen (secondary N) is 1. The SMILES string of the molecule is CCC(CC)(CN)NC(=O)Cn1ccc(=O)c2ccccc21.Cl. The molecule has 0 aliphatic heterocycles. The first kappa shape index (κ1) is 19.2. The monoisotopic (exact) mass is 337 g/mol. The van der Waals surface area contributed by atoms with Crippen LogP contribution < -0.4 is 16.5 Å². The van der Waals surface area contributed by atoms with Crippen molar-refractivity contribution >= 4 is 29.2 Å². The molecule has 0 saturated carbocycles. The molecule has 0 atom stereocenters. The quantitative estimate of drug-likeness (QED) is 0.847. The summed E-state index contributed by atoms with van der Waals surface area (Å²) in [5.41, 5.74) is 6.19. The standard InChI is InChI=1S/C17H23N3O2.ClH/c1-3-17(4-2,12-18)19-16(22)11-20-10-9-15(21)13-7-5-6-8-14(13)20;/h5-10H,3-4,11-12,18H2,1-2H3,(H,19,22);1H. The van der Waals surface area contributed by atoms with E-state index in [0.29, 0.717) is 11.9 Å². The molecular formula is C17H24ClN3O2. The van der Waals surface area contributed by atoms with Crippen molar-refractivity contribution in [3.63, 3.8) is 0 Å². The summed E-state index contributed by atoms with van der Waals surface area (Å²) in [7, 11) is 0. The predicted octanol–water partition coefficient (Wildman–Crippen LogP) is 2.06. The average molecular weight is 338 g/mol. The van der Waals surface area contributed by atoms with Crippen LogP contribution in [-0.4, -0.2) is 22.6 Å². The number of fused-ring (bicyclic) bond motifs is 1. The number of carbonyl (C=O) groups excluding carboxylic acids is 1. The summed E-state index contributed by atoms with van der Waals surface area (Å²) >= 11 is 0.